The summed E-state index contributed by atoms with van der Waals surface area (Å²) in [6.45, 7) is 1.06. The fourth-order valence-electron chi connectivity index (χ4n) is 4.33. The zero-order valence-corrected chi connectivity index (χ0v) is 16.4. The highest BCUT2D eigenvalue weighted by Gasteiger charge is 2.34. The van der Waals surface area contributed by atoms with E-state index < -0.39 is 0 Å². The summed E-state index contributed by atoms with van der Waals surface area (Å²) in [7, 11) is 0. The van der Waals surface area contributed by atoms with Gasteiger partial charge in [-0.25, -0.2) is 9.18 Å². The van der Waals surface area contributed by atoms with Crippen LogP contribution in [0.5, 0.6) is 0 Å². The minimum Gasteiger partial charge on any atom is -0.356 e. The molecular weight excluding hydrogens is 377 g/mol. The molecule has 3 aromatic carbocycles. The average molecular weight is 399 g/mol. The molecule has 1 aromatic heterocycles. The molecule has 0 unspecified atom stereocenters. The number of rotatable bonds is 3. The lowest BCUT2D eigenvalue weighted by Crippen LogP contribution is -2.45. The van der Waals surface area contributed by atoms with Crippen molar-refractivity contribution in [1.29, 1.82) is 0 Å². The fourth-order valence-corrected chi connectivity index (χ4v) is 4.33. The zero-order valence-electron chi connectivity index (χ0n) is 16.4. The second-order valence-electron chi connectivity index (χ2n) is 7.60. The maximum atomic E-state index is 13.6. The molecule has 0 fully saturated rings. The first-order chi connectivity index (χ1) is 14.7. The van der Waals surface area contributed by atoms with Crippen molar-refractivity contribution < 1.29 is 9.18 Å². The smallest absolute Gasteiger partial charge is 0.318 e. The van der Waals surface area contributed by atoms with Crippen molar-refractivity contribution in [2.75, 3.05) is 6.54 Å². The van der Waals surface area contributed by atoms with Crippen LogP contribution in [-0.4, -0.2) is 22.5 Å². The maximum Gasteiger partial charge on any atom is 0.318 e. The summed E-state index contributed by atoms with van der Waals surface area (Å²) >= 11 is 0. The number of nitrogens with zero attached hydrogens (tertiary/aromatic N) is 1. The monoisotopic (exact) mass is 399 g/mol. The Hall–Kier alpha value is -3.60. The summed E-state index contributed by atoms with van der Waals surface area (Å²) in [5.41, 5.74) is 5.23. The number of carbonyl (C=O) groups is 1. The van der Waals surface area contributed by atoms with Crippen LogP contribution in [0.3, 0.4) is 0 Å². The third-order valence-corrected chi connectivity index (χ3v) is 5.77. The minimum absolute atomic E-state index is 0.127. The van der Waals surface area contributed by atoms with Gasteiger partial charge in [-0.3, -0.25) is 0 Å². The van der Waals surface area contributed by atoms with E-state index in [0.29, 0.717) is 13.1 Å². The summed E-state index contributed by atoms with van der Waals surface area (Å²) < 4.78 is 13.6. The number of amides is 2. The highest BCUT2D eigenvalue weighted by Crippen LogP contribution is 2.38. The Morgan fingerprint density at radius 3 is 2.53 bits per heavy atom. The van der Waals surface area contributed by atoms with E-state index in [9.17, 15) is 9.18 Å². The van der Waals surface area contributed by atoms with Crippen LogP contribution in [-0.2, 0) is 13.0 Å². The van der Waals surface area contributed by atoms with E-state index in [4.69, 9.17) is 0 Å². The summed E-state index contributed by atoms with van der Waals surface area (Å²) in [6, 6.07) is 24.0. The van der Waals surface area contributed by atoms with Gasteiger partial charge in [0.2, 0.25) is 0 Å². The Bertz CT molecular complexity index is 1180. The van der Waals surface area contributed by atoms with Gasteiger partial charge in [-0.15, -0.1) is 0 Å². The molecule has 0 aliphatic carbocycles. The summed E-state index contributed by atoms with van der Waals surface area (Å²) in [5, 5.41) is 4.23. The molecule has 4 aromatic rings. The van der Waals surface area contributed by atoms with Crippen LogP contribution in [0.2, 0.25) is 0 Å². The van der Waals surface area contributed by atoms with E-state index in [1.807, 2.05) is 47.4 Å². The third-order valence-electron chi connectivity index (χ3n) is 5.77. The first-order valence-corrected chi connectivity index (χ1v) is 10.1. The SMILES string of the molecule is O=C(NCc1ccccc1)N1CCc2c([nH]c3ccccc23)[C@H]1c1ccc(F)cc1. The van der Waals surface area contributed by atoms with E-state index in [-0.39, 0.29) is 17.9 Å². The van der Waals surface area contributed by atoms with Gasteiger partial charge in [0.15, 0.2) is 0 Å². The van der Waals surface area contributed by atoms with Gasteiger partial charge >= 0.3 is 6.03 Å². The number of carbonyl (C=O) groups excluding carboxylic acids is 1. The van der Waals surface area contributed by atoms with Gasteiger partial charge in [0, 0.05) is 29.7 Å². The van der Waals surface area contributed by atoms with Gasteiger partial charge in [0.1, 0.15) is 5.82 Å². The summed E-state index contributed by atoms with van der Waals surface area (Å²) in [5.74, 6) is -0.286. The predicted molar refractivity (Wildman–Crippen MR) is 116 cm³/mol. The third kappa shape index (κ3) is 3.32. The lowest BCUT2D eigenvalue weighted by molar-refractivity contribution is 0.179. The molecule has 0 spiro atoms. The second-order valence-corrected chi connectivity index (χ2v) is 7.60. The van der Waals surface area contributed by atoms with Crippen molar-refractivity contribution in [2.45, 2.75) is 19.0 Å². The van der Waals surface area contributed by atoms with Crippen LogP contribution < -0.4 is 5.32 Å². The number of hydrogen-bond acceptors (Lipinski definition) is 1. The number of nitrogens with one attached hydrogen (secondary N) is 2. The van der Waals surface area contributed by atoms with Gasteiger partial charge < -0.3 is 15.2 Å². The average Bonchev–Trinajstić information content (AvgIpc) is 3.17. The molecule has 5 heteroatoms. The lowest BCUT2D eigenvalue weighted by atomic mass is 9.92. The molecule has 0 saturated heterocycles. The number of aromatic amines is 1. The molecular formula is C25H22FN3O. The Kier molecular flexibility index (Phi) is 4.71. The number of fused-ring (bicyclic) bond motifs is 3. The maximum absolute atomic E-state index is 13.6. The van der Waals surface area contributed by atoms with Crippen molar-refractivity contribution >= 4 is 16.9 Å². The number of H-pyrrole nitrogens is 1. The van der Waals surface area contributed by atoms with Crippen molar-refractivity contribution in [2.24, 2.45) is 0 Å². The molecule has 1 aliphatic rings. The highest BCUT2D eigenvalue weighted by atomic mass is 19.1. The summed E-state index contributed by atoms with van der Waals surface area (Å²) in [6.07, 6.45) is 0.774. The highest BCUT2D eigenvalue weighted by molar-refractivity contribution is 5.86. The van der Waals surface area contributed by atoms with Crippen LogP contribution >= 0.6 is 0 Å². The fraction of sp³-hybridized carbons (Fsp3) is 0.160. The van der Waals surface area contributed by atoms with Gasteiger partial charge in [0.25, 0.3) is 0 Å². The standard InChI is InChI=1S/C25H22FN3O/c26-19-12-10-18(11-13-19)24-23-21(20-8-4-5-9-22(20)28-23)14-15-29(24)25(30)27-16-17-6-2-1-3-7-17/h1-13,24,28H,14-16H2,(H,27,30)/t24-/m1/s1. The van der Waals surface area contributed by atoms with Gasteiger partial charge in [-0.2, -0.15) is 0 Å². The molecule has 0 saturated carbocycles. The Morgan fingerprint density at radius 2 is 1.73 bits per heavy atom. The van der Waals surface area contributed by atoms with E-state index >= 15 is 0 Å². The van der Waals surface area contributed by atoms with E-state index in [0.717, 1.165) is 28.8 Å². The topological polar surface area (TPSA) is 48.1 Å². The number of benzene rings is 3. The quantitative estimate of drug-likeness (QED) is 0.491. The molecule has 0 bridgehead atoms. The van der Waals surface area contributed by atoms with Crippen molar-refractivity contribution in [3.05, 3.63) is 107 Å². The van der Waals surface area contributed by atoms with Gasteiger partial charge in [0.05, 0.1) is 6.04 Å². The predicted octanol–water partition coefficient (Wildman–Crippen LogP) is 5.16. The van der Waals surface area contributed by atoms with Crippen molar-refractivity contribution in [1.82, 2.24) is 15.2 Å². The van der Waals surface area contributed by atoms with Crippen LogP contribution in [0.15, 0.2) is 78.9 Å². The van der Waals surface area contributed by atoms with Crippen LogP contribution in [0.4, 0.5) is 9.18 Å². The first kappa shape index (κ1) is 18.4. The Labute approximate surface area is 174 Å². The number of para-hydroxylation sites is 1. The van der Waals surface area contributed by atoms with Gasteiger partial charge in [-0.1, -0.05) is 60.7 Å². The van der Waals surface area contributed by atoms with E-state index in [1.54, 1.807) is 12.1 Å². The second kappa shape index (κ2) is 7.67. The zero-order chi connectivity index (χ0) is 20.5. The molecule has 5 rings (SSSR count). The largest absolute Gasteiger partial charge is 0.356 e. The minimum atomic E-state index is -0.294. The molecule has 2 heterocycles. The van der Waals surface area contributed by atoms with Crippen molar-refractivity contribution in [3.63, 3.8) is 0 Å². The molecule has 150 valence electrons. The van der Waals surface area contributed by atoms with Gasteiger partial charge in [-0.05, 0) is 41.3 Å². The van der Waals surface area contributed by atoms with E-state index in [2.05, 4.69) is 22.4 Å². The molecule has 4 nitrogen and oxygen atoms in total. The first-order valence-electron chi connectivity index (χ1n) is 10.1. The molecule has 2 N–H and O–H groups in total. The molecule has 1 aliphatic heterocycles. The Morgan fingerprint density at radius 1 is 1.00 bits per heavy atom. The molecule has 2 amide bonds. The van der Waals surface area contributed by atoms with Crippen molar-refractivity contribution in [3.8, 4) is 0 Å². The van der Waals surface area contributed by atoms with Crippen LogP contribution in [0.1, 0.15) is 28.4 Å². The van der Waals surface area contributed by atoms with E-state index in [1.165, 1.54) is 23.1 Å². The molecule has 30 heavy (non-hydrogen) atoms. The van der Waals surface area contributed by atoms with Crippen LogP contribution in [0, 0.1) is 5.82 Å². The number of aromatic nitrogens is 1. The molecule has 1 atom stereocenters. The normalized spacial score (nSPS) is 15.8. The van der Waals surface area contributed by atoms with Crippen LogP contribution in [0.25, 0.3) is 10.9 Å². The Balaban J connectivity index is 1.51. The number of halogens is 1. The lowest BCUT2D eigenvalue weighted by Gasteiger charge is -2.36. The summed E-state index contributed by atoms with van der Waals surface area (Å²) in [4.78, 5) is 18.5. The number of hydrogen-bond donors (Lipinski definition) is 2. The number of urea groups is 1. The molecule has 0 radical (unpaired) electrons.